The first-order chi connectivity index (χ1) is 10.0. The van der Waals surface area contributed by atoms with Gasteiger partial charge in [-0.2, -0.15) is 5.10 Å². The Morgan fingerprint density at radius 3 is 2.57 bits per heavy atom. The molecule has 2 N–H and O–H groups in total. The molecule has 110 valence electrons. The molecule has 1 atom stereocenters. The number of carboxylic acids is 1. The van der Waals surface area contributed by atoms with Crippen molar-refractivity contribution in [1.82, 2.24) is 15.1 Å². The van der Waals surface area contributed by atoms with Gasteiger partial charge in [0.2, 0.25) is 0 Å². The van der Waals surface area contributed by atoms with Crippen molar-refractivity contribution in [2.45, 2.75) is 19.4 Å². The largest absolute Gasteiger partial charge is 0.478 e. The third-order valence-electron chi connectivity index (χ3n) is 3.19. The van der Waals surface area contributed by atoms with E-state index < -0.39 is 11.9 Å². The summed E-state index contributed by atoms with van der Waals surface area (Å²) in [6.07, 6.45) is 2.02. The summed E-state index contributed by atoms with van der Waals surface area (Å²) >= 11 is 0. The zero-order chi connectivity index (χ0) is 15.4. The number of rotatable bonds is 5. The number of amides is 1. The lowest BCUT2D eigenvalue weighted by Crippen LogP contribution is -2.29. The molecule has 0 aliphatic carbocycles. The van der Waals surface area contributed by atoms with Gasteiger partial charge < -0.3 is 10.4 Å². The molecule has 0 aliphatic rings. The topological polar surface area (TPSA) is 84.2 Å². The number of aryl methyl sites for hydroxylation is 1. The van der Waals surface area contributed by atoms with Crippen molar-refractivity contribution in [2.24, 2.45) is 7.05 Å². The average molecular weight is 287 g/mol. The van der Waals surface area contributed by atoms with Gasteiger partial charge in [-0.3, -0.25) is 9.48 Å². The Hall–Kier alpha value is -2.63. The van der Waals surface area contributed by atoms with Gasteiger partial charge in [-0.05, 0) is 12.0 Å². The van der Waals surface area contributed by atoms with Crippen LogP contribution in [0.25, 0.3) is 0 Å². The van der Waals surface area contributed by atoms with Crippen LogP contribution in [0, 0.1) is 0 Å². The third kappa shape index (κ3) is 3.28. The molecule has 0 spiro atoms. The van der Waals surface area contributed by atoms with Gasteiger partial charge in [0.25, 0.3) is 5.91 Å². The molecule has 1 amide bonds. The van der Waals surface area contributed by atoms with Gasteiger partial charge >= 0.3 is 5.97 Å². The molecule has 0 aliphatic heterocycles. The van der Waals surface area contributed by atoms with E-state index in [-0.39, 0.29) is 17.3 Å². The van der Waals surface area contributed by atoms with Gasteiger partial charge in [-0.1, -0.05) is 37.3 Å². The van der Waals surface area contributed by atoms with Crippen LogP contribution in [0.2, 0.25) is 0 Å². The second-order valence-electron chi connectivity index (χ2n) is 4.72. The van der Waals surface area contributed by atoms with Crippen LogP contribution in [0.4, 0.5) is 0 Å². The lowest BCUT2D eigenvalue weighted by molar-refractivity contribution is 0.0690. The van der Waals surface area contributed by atoms with E-state index in [1.165, 1.54) is 10.9 Å². The van der Waals surface area contributed by atoms with Crippen LogP contribution in [-0.4, -0.2) is 26.8 Å². The van der Waals surface area contributed by atoms with E-state index >= 15 is 0 Å². The Kier molecular flexibility index (Phi) is 4.37. The molecule has 0 saturated carbocycles. The number of carboxylic acid groups (broad SMARTS) is 1. The van der Waals surface area contributed by atoms with Crippen molar-refractivity contribution in [2.75, 3.05) is 0 Å². The number of carbonyl (C=O) groups is 2. The number of nitrogens with zero attached hydrogens (tertiary/aromatic N) is 2. The molecule has 0 unspecified atom stereocenters. The maximum atomic E-state index is 12.3. The zero-order valence-electron chi connectivity index (χ0n) is 11.9. The van der Waals surface area contributed by atoms with Crippen LogP contribution in [0.3, 0.4) is 0 Å². The van der Waals surface area contributed by atoms with E-state index in [0.717, 1.165) is 5.56 Å². The van der Waals surface area contributed by atoms with Crippen LogP contribution in [-0.2, 0) is 7.05 Å². The van der Waals surface area contributed by atoms with Crippen LogP contribution in [0.5, 0.6) is 0 Å². The highest BCUT2D eigenvalue weighted by molar-refractivity contribution is 6.03. The molecule has 0 bridgehead atoms. The van der Waals surface area contributed by atoms with Crippen molar-refractivity contribution in [3.05, 3.63) is 53.3 Å². The first-order valence-electron chi connectivity index (χ1n) is 6.65. The molecule has 0 radical (unpaired) electrons. The summed E-state index contributed by atoms with van der Waals surface area (Å²) in [5.41, 5.74) is 0.804. The van der Waals surface area contributed by atoms with Crippen LogP contribution in [0.1, 0.15) is 45.8 Å². The highest BCUT2D eigenvalue weighted by Crippen LogP contribution is 2.17. The molecule has 2 rings (SSSR count). The molecule has 2 aromatic rings. The van der Waals surface area contributed by atoms with Crippen LogP contribution < -0.4 is 5.32 Å². The molecule has 1 aromatic carbocycles. The maximum absolute atomic E-state index is 12.3. The fraction of sp³-hybridized carbons (Fsp3) is 0.267. The van der Waals surface area contributed by atoms with Gasteiger partial charge in [0.1, 0.15) is 5.56 Å². The SMILES string of the molecule is CC[C@H](NC(=O)c1nn(C)cc1C(=O)O)c1ccccc1. The number of hydrogen-bond donors (Lipinski definition) is 2. The smallest absolute Gasteiger partial charge is 0.339 e. The Morgan fingerprint density at radius 2 is 2.00 bits per heavy atom. The Labute approximate surface area is 122 Å². The second kappa shape index (κ2) is 6.21. The first-order valence-corrected chi connectivity index (χ1v) is 6.65. The Balaban J connectivity index is 2.23. The van der Waals surface area contributed by atoms with Crippen molar-refractivity contribution in [3.63, 3.8) is 0 Å². The van der Waals surface area contributed by atoms with Gasteiger partial charge in [0.05, 0.1) is 6.04 Å². The molecule has 6 nitrogen and oxygen atoms in total. The maximum Gasteiger partial charge on any atom is 0.339 e. The minimum absolute atomic E-state index is 0.0700. The summed E-state index contributed by atoms with van der Waals surface area (Å²) in [4.78, 5) is 23.4. The van der Waals surface area contributed by atoms with Gasteiger partial charge in [0.15, 0.2) is 5.69 Å². The summed E-state index contributed by atoms with van der Waals surface area (Å²) in [6.45, 7) is 1.95. The molecule has 1 heterocycles. The van der Waals surface area contributed by atoms with Crippen molar-refractivity contribution < 1.29 is 14.7 Å². The number of aromatic carboxylic acids is 1. The van der Waals surface area contributed by atoms with E-state index in [9.17, 15) is 9.59 Å². The first kappa shape index (κ1) is 14.8. The highest BCUT2D eigenvalue weighted by atomic mass is 16.4. The quantitative estimate of drug-likeness (QED) is 0.881. The molecule has 6 heteroatoms. The minimum atomic E-state index is -1.17. The minimum Gasteiger partial charge on any atom is -0.478 e. The molecular formula is C15H17N3O3. The van der Waals surface area contributed by atoms with Crippen LogP contribution in [0.15, 0.2) is 36.5 Å². The predicted octanol–water partition coefficient (Wildman–Crippen LogP) is 2.00. The lowest BCUT2D eigenvalue weighted by Gasteiger charge is -2.16. The third-order valence-corrected chi connectivity index (χ3v) is 3.19. The van der Waals surface area contributed by atoms with Crippen molar-refractivity contribution in [1.29, 1.82) is 0 Å². The van der Waals surface area contributed by atoms with E-state index in [2.05, 4.69) is 10.4 Å². The van der Waals surface area contributed by atoms with E-state index in [0.29, 0.717) is 6.42 Å². The monoisotopic (exact) mass is 287 g/mol. The fourth-order valence-electron chi connectivity index (χ4n) is 2.15. The standard InChI is InChI=1S/C15H17N3O3/c1-3-12(10-7-5-4-6-8-10)16-14(19)13-11(15(20)21)9-18(2)17-13/h4-9,12H,3H2,1-2H3,(H,16,19)(H,20,21)/t12-/m0/s1. The summed E-state index contributed by atoms with van der Waals surface area (Å²) in [7, 11) is 1.58. The summed E-state index contributed by atoms with van der Waals surface area (Å²) in [6, 6.07) is 9.36. The Morgan fingerprint density at radius 1 is 1.33 bits per heavy atom. The highest BCUT2D eigenvalue weighted by Gasteiger charge is 2.23. The predicted molar refractivity (Wildman–Crippen MR) is 77.1 cm³/mol. The van der Waals surface area contributed by atoms with Gasteiger partial charge in [-0.15, -0.1) is 0 Å². The zero-order valence-corrected chi connectivity index (χ0v) is 11.9. The fourth-order valence-corrected chi connectivity index (χ4v) is 2.15. The normalized spacial score (nSPS) is 11.9. The van der Waals surface area contributed by atoms with Gasteiger partial charge in [-0.25, -0.2) is 4.79 Å². The average Bonchev–Trinajstić information content (AvgIpc) is 2.88. The van der Waals surface area contributed by atoms with Gasteiger partial charge in [0, 0.05) is 13.2 Å². The molecule has 0 fully saturated rings. The van der Waals surface area contributed by atoms with E-state index in [4.69, 9.17) is 5.11 Å². The van der Waals surface area contributed by atoms with E-state index in [1.54, 1.807) is 7.05 Å². The van der Waals surface area contributed by atoms with Crippen LogP contribution >= 0.6 is 0 Å². The summed E-state index contributed by atoms with van der Waals surface area (Å²) in [5.74, 6) is -1.65. The Bertz CT molecular complexity index is 649. The van der Waals surface area contributed by atoms with Crippen molar-refractivity contribution in [3.8, 4) is 0 Å². The number of benzene rings is 1. The van der Waals surface area contributed by atoms with E-state index in [1.807, 2.05) is 37.3 Å². The number of hydrogen-bond acceptors (Lipinski definition) is 3. The number of aromatic nitrogens is 2. The second-order valence-corrected chi connectivity index (χ2v) is 4.72. The molecule has 1 aromatic heterocycles. The molecule has 21 heavy (non-hydrogen) atoms. The molecular weight excluding hydrogens is 270 g/mol. The summed E-state index contributed by atoms with van der Waals surface area (Å²) < 4.78 is 1.32. The van der Waals surface area contributed by atoms with Crippen molar-refractivity contribution >= 4 is 11.9 Å². The number of carbonyl (C=O) groups excluding carboxylic acids is 1. The number of nitrogens with one attached hydrogen (secondary N) is 1. The molecule has 0 saturated heterocycles. The lowest BCUT2D eigenvalue weighted by atomic mass is 10.0. The summed E-state index contributed by atoms with van der Waals surface area (Å²) in [5, 5.41) is 15.9.